The summed E-state index contributed by atoms with van der Waals surface area (Å²) in [5.74, 6) is 0. The SMILES string of the molecule is Nc1ccc(Cl)cc1/C(=N/Nc1ccc(Cl)cc1)c1ccccc1. The van der Waals surface area contributed by atoms with Gasteiger partial charge in [-0.1, -0.05) is 53.5 Å². The van der Waals surface area contributed by atoms with Gasteiger partial charge in [0.15, 0.2) is 0 Å². The summed E-state index contributed by atoms with van der Waals surface area (Å²) >= 11 is 12.0. The lowest BCUT2D eigenvalue weighted by Crippen LogP contribution is -2.09. The molecular formula is C19H15Cl2N3. The summed E-state index contributed by atoms with van der Waals surface area (Å²) in [6.45, 7) is 0. The van der Waals surface area contributed by atoms with Gasteiger partial charge in [0.25, 0.3) is 0 Å². The third-order valence-electron chi connectivity index (χ3n) is 3.46. The number of halogens is 2. The summed E-state index contributed by atoms with van der Waals surface area (Å²) < 4.78 is 0. The number of anilines is 2. The number of hydrogen-bond donors (Lipinski definition) is 2. The Kier molecular flexibility index (Phi) is 5.04. The maximum absolute atomic E-state index is 6.14. The molecule has 120 valence electrons. The Hall–Kier alpha value is -2.49. The fraction of sp³-hybridized carbons (Fsp3) is 0. The Morgan fingerprint density at radius 2 is 1.50 bits per heavy atom. The lowest BCUT2D eigenvalue weighted by molar-refractivity contribution is 1.32. The first kappa shape index (κ1) is 16.4. The van der Waals surface area contributed by atoms with Crippen molar-refractivity contribution in [2.24, 2.45) is 5.10 Å². The first-order valence-electron chi connectivity index (χ1n) is 7.33. The van der Waals surface area contributed by atoms with Gasteiger partial charge < -0.3 is 5.73 Å². The van der Waals surface area contributed by atoms with Crippen molar-refractivity contribution in [1.82, 2.24) is 0 Å². The number of benzene rings is 3. The van der Waals surface area contributed by atoms with Crippen molar-refractivity contribution < 1.29 is 0 Å². The van der Waals surface area contributed by atoms with Crippen LogP contribution < -0.4 is 11.2 Å². The van der Waals surface area contributed by atoms with E-state index in [4.69, 9.17) is 28.9 Å². The zero-order valence-electron chi connectivity index (χ0n) is 12.7. The van der Waals surface area contributed by atoms with E-state index in [1.54, 1.807) is 24.3 Å². The van der Waals surface area contributed by atoms with Gasteiger partial charge in [-0.2, -0.15) is 5.10 Å². The largest absolute Gasteiger partial charge is 0.398 e. The van der Waals surface area contributed by atoms with Crippen LogP contribution in [0, 0.1) is 0 Å². The second-order valence-electron chi connectivity index (χ2n) is 5.18. The molecule has 0 aliphatic carbocycles. The standard InChI is InChI=1S/C19H15Cl2N3/c20-14-6-9-16(10-7-14)23-24-19(13-4-2-1-3-5-13)17-12-15(21)8-11-18(17)22/h1-12,23H,22H2/b24-19+. The predicted octanol–water partition coefficient (Wildman–Crippen LogP) is 5.44. The molecule has 0 saturated carbocycles. The first-order valence-corrected chi connectivity index (χ1v) is 8.09. The normalized spacial score (nSPS) is 11.3. The van der Waals surface area contributed by atoms with Crippen molar-refractivity contribution in [3.8, 4) is 0 Å². The van der Waals surface area contributed by atoms with Gasteiger partial charge in [0.2, 0.25) is 0 Å². The Morgan fingerprint density at radius 1 is 0.833 bits per heavy atom. The molecule has 0 aliphatic heterocycles. The van der Waals surface area contributed by atoms with Crippen molar-refractivity contribution in [3.63, 3.8) is 0 Å². The Bertz CT molecular complexity index is 860. The maximum atomic E-state index is 6.14. The number of nitrogens with zero attached hydrogens (tertiary/aromatic N) is 1. The van der Waals surface area contributed by atoms with E-state index in [-0.39, 0.29) is 0 Å². The lowest BCUT2D eigenvalue weighted by Gasteiger charge is -2.11. The molecule has 5 heteroatoms. The lowest BCUT2D eigenvalue weighted by atomic mass is 10.0. The van der Waals surface area contributed by atoms with Crippen LogP contribution in [0.3, 0.4) is 0 Å². The van der Waals surface area contributed by atoms with Crippen molar-refractivity contribution in [2.75, 3.05) is 11.2 Å². The molecule has 0 radical (unpaired) electrons. The molecule has 3 rings (SSSR count). The minimum absolute atomic E-state index is 0.606. The van der Waals surface area contributed by atoms with Crippen molar-refractivity contribution in [2.45, 2.75) is 0 Å². The molecule has 0 amide bonds. The molecule has 0 heterocycles. The highest BCUT2D eigenvalue weighted by Crippen LogP contribution is 2.22. The average Bonchev–Trinajstić information content (AvgIpc) is 2.60. The Balaban J connectivity index is 2.03. The number of nitrogens with two attached hydrogens (primary N) is 1. The van der Waals surface area contributed by atoms with Crippen LogP contribution in [-0.4, -0.2) is 5.71 Å². The van der Waals surface area contributed by atoms with E-state index in [1.165, 1.54) is 0 Å². The van der Waals surface area contributed by atoms with E-state index in [9.17, 15) is 0 Å². The average molecular weight is 356 g/mol. The zero-order valence-corrected chi connectivity index (χ0v) is 14.2. The summed E-state index contributed by atoms with van der Waals surface area (Å²) in [6.07, 6.45) is 0. The molecule has 0 aromatic heterocycles. The highest BCUT2D eigenvalue weighted by atomic mass is 35.5. The predicted molar refractivity (Wildman–Crippen MR) is 103 cm³/mol. The summed E-state index contributed by atoms with van der Waals surface area (Å²) in [5.41, 5.74) is 13.0. The summed E-state index contributed by atoms with van der Waals surface area (Å²) in [5, 5.41) is 5.83. The first-order chi connectivity index (χ1) is 11.6. The second-order valence-corrected chi connectivity index (χ2v) is 6.05. The summed E-state index contributed by atoms with van der Waals surface area (Å²) in [7, 11) is 0. The minimum Gasteiger partial charge on any atom is -0.398 e. The minimum atomic E-state index is 0.606. The van der Waals surface area contributed by atoms with Crippen molar-refractivity contribution >= 4 is 40.3 Å². The van der Waals surface area contributed by atoms with E-state index in [0.717, 1.165) is 16.8 Å². The van der Waals surface area contributed by atoms with Gasteiger partial charge in [0, 0.05) is 26.9 Å². The monoisotopic (exact) mass is 355 g/mol. The van der Waals surface area contributed by atoms with Gasteiger partial charge >= 0.3 is 0 Å². The zero-order chi connectivity index (χ0) is 16.9. The van der Waals surface area contributed by atoms with Crippen LogP contribution in [-0.2, 0) is 0 Å². The van der Waals surface area contributed by atoms with Crippen LogP contribution in [0.15, 0.2) is 77.9 Å². The van der Waals surface area contributed by atoms with Crippen LogP contribution in [0.1, 0.15) is 11.1 Å². The quantitative estimate of drug-likeness (QED) is 0.372. The van der Waals surface area contributed by atoms with E-state index in [1.807, 2.05) is 48.5 Å². The second kappa shape index (κ2) is 7.39. The topological polar surface area (TPSA) is 50.4 Å². The van der Waals surface area contributed by atoms with Crippen molar-refractivity contribution in [1.29, 1.82) is 0 Å². The van der Waals surface area contributed by atoms with Gasteiger partial charge in [-0.3, -0.25) is 5.43 Å². The number of nitrogens with one attached hydrogen (secondary N) is 1. The Labute approximate surface area is 150 Å². The Morgan fingerprint density at radius 3 is 2.21 bits per heavy atom. The van der Waals surface area contributed by atoms with Gasteiger partial charge in [0.1, 0.15) is 0 Å². The highest BCUT2D eigenvalue weighted by molar-refractivity contribution is 6.31. The molecular weight excluding hydrogens is 341 g/mol. The van der Waals surface area contributed by atoms with Gasteiger partial charge in [-0.15, -0.1) is 0 Å². The van der Waals surface area contributed by atoms with Gasteiger partial charge in [0.05, 0.1) is 11.4 Å². The van der Waals surface area contributed by atoms with Crippen LogP contribution in [0.4, 0.5) is 11.4 Å². The van der Waals surface area contributed by atoms with Gasteiger partial charge in [-0.25, -0.2) is 0 Å². The van der Waals surface area contributed by atoms with Crippen molar-refractivity contribution in [3.05, 3.63) is 94.0 Å². The van der Waals surface area contributed by atoms with E-state index >= 15 is 0 Å². The smallest absolute Gasteiger partial charge is 0.0999 e. The fourth-order valence-corrected chi connectivity index (χ4v) is 2.55. The van der Waals surface area contributed by atoms with E-state index in [2.05, 4.69) is 10.5 Å². The van der Waals surface area contributed by atoms with Crippen LogP contribution in [0.25, 0.3) is 0 Å². The molecule has 0 aliphatic rings. The molecule has 0 saturated heterocycles. The van der Waals surface area contributed by atoms with Gasteiger partial charge in [-0.05, 0) is 42.5 Å². The molecule has 3 aromatic rings. The molecule has 0 atom stereocenters. The van der Waals surface area contributed by atoms with Crippen LogP contribution >= 0.6 is 23.2 Å². The van der Waals surface area contributed by atoms with Crippen LogP contribution in [0.2, 0.25) is 10.0 Å². The van der Waals surface area contributed by atoms with E-state index < -0.39 is 0 Å². The number of rotatable bonds is 4. The molecule has 0 spiro atoms. The third-order valence-corrected chi connectivity index (χ3v) is 3.95. The number of nitrogen functional groups attached to an aromatic ring is 1. The molecule has 24 heavy (non-hydrogen) atoms. The number of hydrazone groups is 1. The van der Waals surface area contributed by atoms with E-state index in [0.29, 0.717) is 21.4 Å². The summed E-state index contributed by atoms with van der Waals surface area (Å²) in [6, 6.07) is 22.5. The maximum Gasteiger partial charge on any atom is 0.0999 e. The third kappa shape index (κ3) is 3.88. The molecule has 0 bridgehead atoms. The van der Waals surface area contributed by atoms with Crippen LogP contribution in [0.5, 0.6) is 0 Å². The number of hydrogen-bond acceptors (Lipinski definition) is 3. The fourth-order valence-electron chi connectivity index (χ4n) is 2.25. The molecule has 3 nitrogen and oxygen atoms in total. The summed E-state index contributed by atoms with van der Waals surface area (Å²) in [4.78, 5) is 0. The highest BCUT2D eigenvalue weighted by Gasteiger charge is 2.11. The molecule has 0 fully saturated rings. The molecule has 0 unspecified atom stereocenters. The molecule has 3 N–H and O–H groups in total. The molecule has 3 aromatic carbocycles.